The zero-order chi connectivity index (χ0) is 18.0. The number of hydrogen-bond acceptors (Lipinski definition) is 3. The van der Waals surface area contributed by atoms with Crippen LogP contribution in [0.1, 0.15) is 10.4 Å². The van der Waals surface area contributed by atoms with Crippen LogP contribution in [0.4, 0.5) is 4.39 Å². The first-order valence-corrected chi connectivity index (χ1v) is 8.89. The first-order chi connectivity index (χ1) is 12.0. The zero-order valence-electron chi connectivity index (χ0n) is 13.1. The van der Waals surface area contributed by atoms with Crippen molar-refractivity contribution in [1.29, 1.82) is 0 Å². The Morgan fingerprint density at radius 3 is 2.80 bits per heavy atom. The highest BCUT2D eigenvalue weighted by molar-refractivity contribution is 7.16. The number of carbonyl (C=O) groups is 1. The first-order valence-electron chi connectivity index (χ1n) is 7.31. The van der Waals surface area contributed by atoms with Crippen molar-refractivity contribution < 1.29 is 13.9 Å². The van der Waals surface area contributed by atoms with Crippen molar-refractivity contribution >= 4 is 50.7 Å². The van der Waals surface area contributed by atoms with Gasteiger partial charge in [0.05, 0.1) is 27.4 Å². The van der Waals surface area contributed by atoms with Crippen LogP contribution in [0.5, 0.6) is 0 Å². The Morgan fingerprint density at radius 2 is 2.08 bits per heavy atom. The molecule has 0 aliphatic heterocycles. The van der Waals surface area contributed by atoms with Gasteiger partial charge >= 0.3 is 0 Å². The van der Waals surface area contributed by atoms with Crippen LogP contribution in [0.2, 0.25) is 10.0 Å². The number of rotatable bonds is 4. The van der Waals surface area contributed by atoms with E-state index >= 15 is 0 Å². The lowest BCUT2D eigenvalue weighted by Crippen LogP contribution is -2.19. The van der Waals surface area contributed by atoms with Gasteiger partial charge in [-0.05, 0) is 36.4 Å². The molecule has 0 saturated carbocycles. The number of benzene rings is 2. The number of hydrogen-bond donors (Lipinski definition) is 0. The third-order valence-corrected chi connectivity index (χ3v) is 5.11. The molecule has 1 heterocycles. The van der Waals surface area contributed by atoms with Gasteiger partial charge in [0.1, 0.15) is 5.82 Å². The van der Waals surface area contributed by atoms with Crippen LogP contribution in [-0.4, -0.2) is 24.2 Å². The van der Waals surface area contributed by atoms with Crippen LogP contribution in [0.25, 0.3) is 10.2 Å². The Hall–Kier alpha value is -1.73. The molecule has 1 aromatic heterocycles. The van der Waals surface area contributed by atoms with Crippen molar-refractivity contribution in [1.82, 2.24) is 4.57 Å². The van der Waals surface area contributed by atoms with Gasteiger partial charge in [-0.3, -0.25) is 4.79 Å². The largest absolute Gasteiger partial charge is 0.383 e. The van der Waals surface area contributed by atoms with Crippen LogP contribution < -0.4 is 4.80 Å². The summed E-state index contributed by atoms with van der Waals surface area (Å²) in [6, 6.07) is 9.06. The second kappa shape index (κ2) is 7.66. The van der Waals surface area contributed by atoms with Gasteiger partial charge in [0.15, 0.2) is 4.80 Å². The molecule has 0 atom stereocenters. The first kappa shape index (κ1) is 18.1. The van der Waals surface area contributed by atoms with Crippen molar-refractivity contribution in [2.45, 2.75) is 6.54 Å². The minimum Gasteiger partial charge on any atom is -0.383 e. The fourth-order valence-corrected chi connectivity index (χ4v) is 3.91. The molecular weight excluding hydrogens is 386 g/mol. The maximum atomic E-state index is 13.5. The van der Waals surface area contributed by atoms with Gasteiger partial charge in [-0.1, -0.05) is 34.5 Å². The topological polar surface area (TPSA) is 43.6 Å². The average Bonchev–Trinajstić information content (AvgIpc) is 2.88. The number of nitrogens with zero attached hydrogens (tertiary/aromatic N) is 2. The minimum atomic E-state index is -0.486. The van der Waals surface area contributed by atoms with E-state index in [-0.39, 0.29) is 16.4 Å². The number of fused-ring (bicyclic) bond motifs is 1. The molecule has 1 amide bonds. The predicted molar refractivity (Wildman–Crippen MR) is 98.0 cm³/mol. The Morgan fingerprint density at radius 1 is 1.28 bits per heavy atom. The third kappa shape index (κ3) is 3.93. The number of ether oxygens (including phenoxy) is 1. The quantitative estimate of drug-likeness (QED) is 0.647. The third-order valence-electron chi connectivity index (χ3n) is 3.52. The van der Waals surface area contributed by atoms with Gasteiger partial charge in [0.25, 0.3) is 5.91 Å². The molecule has 3 aromatic rings. The summed E-state index contributed by atoms with van der Waals surface area (Å²) < 4.78 is 21.1. The van der Waals surface area contributed by atoms with Crippen molar-refractivity contribution in [3.05, 3.63) is 62.6 Å². The monoisotopic (exact) mass is 398 g/mol. The molecule has 0 saturated heterocycles. The maximum absolute atomic E-state index is 13.5. The molecular formula is C17H13Cl2FN2O2S. The highest BCUT2D eigenvalue weighted by atomic mass is 35.5. The predicted octanol–water partition coefficient (Wildman–Crippen LogP) is 4.54. The SMILES string of the molecule is COCCn1c(=NC(=O)c2ccc(Cl)cc2Cl)sc2cc(F)ccc21. The maximum Gasteiger partial charge on any atom is 0.281 e. The lowest BCUT2D eigenvalue weighted by Gasteiger charge is -2.04. The van der Waals surface area contributed by atoms with Crippen LogP contribution in [0, 0.1) is 5.82 Å². The molecule has 0 spiro atoms. The van der Waals surface area contributed by atoms with Crippen molar-refractivity contribution in [3.8, 4) is 0 Å². The summed E-state index contributed by atoms with van der Waals surface area (Å²) in [6.07, 6.45) is 0. The molecule has 0 bridgehead atoms. The van der Waals surface area contributed by atoms with Gasteiger partial charge in [-0.2, -0.15) is 4.99 Å². The lowest BCUT2D eigenvalue weighted by molar-refractivity contribution is 0.0997. The van der Waals surface area contributed by atoms with Gasteiger partial charge in [-0.15, -0.1) is 0 Å². The molecule has 8 heteroatoms. The Kier molecular flexibility index (Phi) is 5.54. The highest BCUT2D eigenvalue weighted by Gasteiger charge is 2.12. The normalized spacial score (nSPS) is 12.1. The van der Waals surface area contributed by atoms with E-state index in [2.05, 4.69) is 4.99 Å². The average molecular weight is 399 g/mol. The fourth-order valence-electron chi connectivity index (χ4n) is 2.34. The Bertz CT molecular complexity index is 1010. The van der Waals surface area contributed by atoms with Gasteiger partial charge < -0.3 is 9.30 Å². The van der Waals surface area contributed by atoms with E-state index in [0.717, 1.165) is 5.52 Å². The summed E-state index contributed by atoms with van der Waals surface area (Å²) >= 11 is 13.2. The molecule has 130 valence electrons. The van der Waals surface area contributed by atoms with Crippen LogP contribution in [-0.2, 0) is 11.3 Å². The molecule has 0 unspecified atom stereocenters. The second-order valence-corrected chi connectivity index (χ2v) is 7.03. The summed E-state index contributed by atoms with van der Waals surface area (Å²) in [5, 5.41) is 0.672. The van der Waals surface area contributed by atoms with Crippen molar-refractivity contribution in [3.63, 3.8) is 0 Å². The molecule has 0 radical (unpaired) electrons. The zero-order valence-corrected chi connectivity index (χ0v) is 15.5. The Balaban J connectivity index is 2.12. The summed E-state index contributed by atoms with van der Waals surface area (Å²) in [4.78, 5) is 17.1. The van der Waals surface area contributed by atoms with Crippen LogP contribution in [0.15, 0.2) is 41.4 Å². The minimum absolute atomic E-state index is 0.233. The number of methoxy groups -OCH3 is 1. The number of carbonyl (C=O) groups excluding carboxylic acids is 1. The van der Waals surface area contributed by atoms with Gasteiger partial charge in [0.2, 0.25) is 0 Å². The molecule has 4 nitrogen and oxygen atoms in total. The summed E-state index contributed by atoms with van der Waals surface area (Å²) in [7, 11) is 1.59. The molecule has 0 aliphatic rings. The molecule has 25 heavy (non-hydrogen) atoms. The van der Waals surface area contributed by atoms with E-state index in [9.17, 15) is 9.18 Å². The van der Waals surface area contributed by atoms with Gasteiger partial charge in [0, 0.05) is 18.7 Å². The summed E-state index contributed by atoms with van der Waals surface area (Å²) in [5.74, 6) is -0.828. The van der Waals surface area contributed by atoms with Crippen LogP contribution in [0.3, 0.4) is 0 Å². The molecule has 0 fully saturated rings. The Labute approximate surface area is 157 Å². The molecule has 2 aromatic carbocycles. The highest BCUT2D eigenvalue weighted by Crippen LogP contribution is 2.22. The van der Waals surface area contributed by atoms with Crippen molar-refractivity contribution in [2.24, 2.45) is 4.99 Å². The number of thiazole rings is 1. The molecule has 0 N–H and O–H groups in total. The van der Waals surface area contributed by atoms with E-state index in [1.54, 1.807) is 19.2 Å². The molecule has 0 aliphatic carbocycles. The number of halogens is 3. The van der Waals surface area contributed by atoms with E-state index < -0.39 is 5.91 Å². The van der Waals surface area contributed by atoms with Crippen molar-refractivity contribution in [2.75, 3.05) is 13.7 Å². The van der Waals surface area contributed by atoms with E-state index in [4.69, 9.17) is 27.9 Å². The van der Waals surface area contributed by atoms with E-state index in [1.165, 1.54) is 35.6 Å². The smallest absolute Gasteiger partial charge is 0.281 e. The standard InChI is InChI=1S/C17H13Cl2FN2O2S/c1-24-7-6-22-14-5-3-11(20)9-15(14)25-17(22)21-16(23)12-4-2-10(18)8-13(12)19/h2-5,8-9H,6-7H2,1H3. The lowest BCUT2D eigenvalue weighted by atomic mass is 10.2. The van der Waals surface area contributed by atoms with E-state index in [1.807, 2.05) is 4.57 Å². The second-order valence-electron chi connectivity index (χ2n) is 5.18. The van der Waals surface area contributed by atoms with Gasteiger partial charge in [-0.25, -0.2) is 4.39 Å². The number of amides is 1. The fraction of sp³-hybridized carbons (Fsp3) is 0.176. The molecule has 3 rings (SSSR count). The van der Waals surface area contributed by atoms with E-state index in [0.29, 0.717) is 27.7 Å². The summed E-state index contributed by atoms with van der Waals surface area (Å²) in [5.41, 5.74) is 1.05. The number of aromatic nitrogens is 1. The summed E-state index contributed by atoms with van der Waals surface area (Å²) in [6.45, 7) is 0.925. The van der Waals surface area contributed by atoms with Crippen LogP contribution >= 0.6 is 34.5 Å².